The highest BCUT2D eigenvalue weighted by molar-refractivity contribution is 7.80. The van der Waals surface area contributed by atoms with Crippen LogP contribution in [0.5, 0.6) is 17.2 Å². The first-order valence-corrected chi connectivity index (χ1v) is 45.2. The van der Waals surface area contributed by atoms with E-state index in [-0.39, 0.29) is 104 Å². The third kappa shape index (κ3) is 36.1. The van der Waals surface area contributed by atoms with Gasteiger partial charge in [0.05, 0.1) is 52.1 Å². The molecule has 0 bridgehead atoms. The molecule has 0 spiro atoms. The number of hydrogen-bond acceptors (Lipinski definition) is 26. The number of carboxylic acid groups (broad SMARTS) is 1. The van der Waals surface area contributed by atoms with Crippen LogP contribution in [0.3, 0.4) is 0 Å². The van der Waals surface area contributed by atoms with Crippen LogP contribution >= 0.6 is 12.6 Å². The maximum atomic E-state index is 15.4. The summed E-state index contributed by atoms with van der Waals surface area (Å²) in [6.07, 6.45) is -1.76. The Kier molecular flexibility index (Phi) is 43.9. The van der Waals surface area contributed by atoms with Crippen LogP contribution in [0.2, 0.25) is 1.41 Å². The number of nitrogens with zero attached hydrogens (tertiary/aromatic N) is 4. The molecule has 0 aliphatic carbocycles. The molecule has 1 fully saturated rings. The number of hydrogen-bond donors (Lipinski definition) is 25. The van der Waals surface area contributed by atoms with Crippen molar-refractivity contribution in [1.82, 2.24) is 99.0 Å². The molecule has 5 aromatic rings. The Balaban J connectivity index is 1.19. The Morgan fingerprint density at radius 1 is 0.518 bits per heavy atom. The van der Waals surface area contributed by atoms with E-state index in [0.29, 0.717) is 27.6 Å². The van der Waals surface area contributed by atoms with Crippen LogP contribution in [-0.4, -0.2) is 321 Å². The second-order valence-electron chi connectivity index (χ2n) is 33.8. The SMILES string of the molecule is [2H]N(CC(=O)N1CCC[C@H]1C(=O)N[C@@H](CS)C(=O)NCC(N)=O)C(=O)[C@H](CC(=O)O)NC(=O)[C@H](Cc1ccc(O)cc1)N(C)C(=O)[C@H](Cc1c[nH]c2ccccc12)NC(=O)[C@H](CC(N)=O)NC(=O)CNC(=O)[C@H](CC(C)C)NC(=O)[C@@H](NC(=O)CNC(=O)[C@H](Cc1ccc(O)cc1)N(C)C(=O)[C@H](CCCNC(=N)N)NC(=O)[C@H](Cc1ccc(O)cc1)N(C)C(=O)CNC(=O)[C@H](C)NC(=O)CN)[C@@H](C)CC. The molecule has 48 nitrogen and oxygen atoms in total. The number of likely N-dealkylation sites (tertiary alicyclic amines) is 1. The molecule has 4 aromatic carbocycles. The molecule has 49 heteroatoms. The molecule has 28 N–H and O–H groups in total. The number of carbonyl (C=O) groups is 20. The van der Waals surface area contributed by atoms with Gasteiger partial charge in [0.1, 0.15) is 89.8 Å². The monoisotopic (exact) mass is 1960 g/mol. The summed E-state index contributed by atoms with van der Waals surface area (Å²) in [5.41, 5.74) is 23.7. The average molecular weight is 1960 g/mol. The van der Waals surface area contributed by atoms with Gasteiger partial charge in [-0.25, -0.2) is 0 Å². The van der Waals surface area contributed by atoms with Crippen molar-refractivity contribution in [3.63, 3.8) is 0 Å². The molecule has 1 aliphatic rings. The molecule has 0 saturated carbocycles. The third-order valence-corrected chi connectivity index (χ3v) is 23.1. The van der Waals surface area contributed by atoms with Crippen molar-refractivity contribution in [2.75, 3.05) is 79.3 Å². The zero-order valence-corrected chi connectivity index (χ0v) is 79.1. The lowest BCUT2D eigenvalue weighted by Crippen LogP contribution is -2.60. The highest BCUT2D eigenvalue weighted by Crippen LogP contribution is 2.25. The van der Waals surface area contributed by atoms with Crippen molar-refractivity contribution in [1.29, 1.82) is 5.41 Å². The molecule has 0 unspecified atom stereocenters. The number of benzene rings is 4. The first-order valence-electron chi connectivity index (χ1n) is 45.0. The maximum absolute atomic E-state index is 15.4. The highest BCUT2D eigenvalue weighted by Gasteiger charge is 2.42. The number of aromatic amines is 1. The fourth-order valence-electron chi connectivity index (χ4n) is 14.8. The number of para-hydroxylation sites is 1. The largest absolute Gasteiger partial charge is 0.508 e. The molecule has 0 radical (unpaired) electrons. The van der Waals surface area contributed by atoms with E-state index in [4.69, 9.17) is 29.8 Å². The van der Waals surface area contributed by atoms with E-state index in [9.17, 15) is 107 Å². The highest BCUT2D eigenvalue weighted by atomic mass is 32.1. The van der Waals surface area contributed by atoms with Crippen molar-refractivity contribution in [3.8, 4) is 17.2 Å². The minimum Gasteiger partial charge on any atom is -0.508 e. The summed E-state index contributed by atoms with van der Waals surface area (Å²) in [6, 6.07) is 4.41. The number of carbonyl (C=O) groups excluding carboxylic acids is 19. The van der Waals surface area contributed by atoms with Crippen LogP contribution in [0.25, 0.3) is 10.9 Å². The summed E-state index contributed by atoms with van der Waals surface area (Å²) >= 11 is 4.10. The molecule has 13 atom stereocenters. The number of guanidine groups is 1. The average Bonchev–Trinajstić information content (AvgIpc) is 1.53. The second kappa shape index (κ2) is 55.1. The van der Waals surface area contributed by atoms with Gasteiger partial charge < -0.3 is 142 Å². The number of carboxylic acids is 1. The Bertz CT molecular complexity index is 5270. The van der Waals surface area contributed by atoms with Crippen molar-refractivity contribution in [3.05, 3.63) is 126 Å². The van der Waals surface area contributed by atoms with Gasteiger partial charge in [0, 0.05) is 82.8 Å². The number of fused-ring (bicyclic) bond motifs is 1. The van der Waals surface area contributed by atoms with Crippen LogP contribution in [0.1, 0.15) is 108 Å². The van der Waals surface area contributed by atoms with Gasteiger partial charge in [-0.15, -0.1) is 0 Å². The van der Waals surface area contributed by atoms with Crippen molar-refractivity contribution in [2.24, 2.45) is 34.8 Å². The number of phenols is 3. The summed E-state index contributed by atoms with van der Waals surface area (Å²) in [7, 11) is 3.62. The van der Waals surface area contributed by atoms with Gasteiger partial charge in [0.25, 0.3) is 0 Å². The molecule has 756 valence electrons. The van der Waals surface area contributed by atoms with Crippen molar-refractivity contribution < 1.29 is 118 Å². The Hall–Kier alpha value is -15.2. The van der Waals surface area contributed by atoms with E-state index in [2.05, 4.69) is 86.7 Å². The molecule has 1 saturated heterocycles. The number of nitrogens with one attached hydrogen (secondary N) is 16. The quantitative estimate of drug-likeness (QED) is 0.00745. The Morgan fingerprint density at radius 3 is 1.55 bits per heavy atom. The fourth-order valence-corrected chi connectivity index (χ4v) is 15.1. The number of aromatic nitrogens is 1. The van der Waals surface area contributed by atoms with Gasteiger partial charge in [-0.2, -0.15) is 12.6 Å². The predicted molar refractivity (Wildman–Crippen MR) is 504 cm³/mol. The standard InChI is InChI=1S/C90H126N24O24S/c1-9-48(4)77(110-73(122)43-100-83(132)66(33-50-18-24-54(115)25-19-50)112(7)88(137)59(16-12-30-96-90(94)95)105-85(134)67(34-51-20-26-55(116)27-21-51)111(6)74(123)44-101-78(127)49(5)103-71(120)39-91)87(136)107-60(32-47(2)3)79(128)99-42-72(121)104-61(37-69(92)118)82(131)108-63(36-53-40-97-58-15-11-10-14-57(53)58)89(138)113(8)68(35-52-22-28-56(117)29-23-52)86(135)106-62(38-76(125)126)80(129)102-45-75(124)114-31-13-17-65(114)84(133)109-64(46-139)81(130)98-41-70(93)119/h10-11,14-15,18-29,40,47-49,59-68,77,97,115-117,139H,9,12-13,16-17,30-39,41-46,91H2,1-8H3,(H2,92,118)(H2,93,119)(H,98,130)(H,99,128)(H,100,132)(H,101,127)(H,102,129)(H,103,120)(H,104,121)(H,105,134)(H,106,135)(H,107,136)(H,108,131)(H,109,133)(H,110,122)(H,125,126)(H4,94,95,96)/t48-,49-,59-,60-,61-,62-,63-,64-,65-,66-,67-,68-,77-/m0/s1/i/hD. The second-order valence-corrected chi connectivity index (χ2v) is 34.1. The summed E-state index contributed by atoms with van der Waals surface area (Å²) in [6.45, 7) is 3.39. The molecule has 1 aromatic heterocycles. The molecule has 1 aliphatic heterocycles. The van der Waals surface area contributed by atoms with Gasteiger partial charge >= 0.3 is 5.97 Å². The van der Waals surface area contributed by atoms with E-state index in [0.717, 1.165) is 26.6 Å². The number of primary amides is 2. The third-order valence-electron chi connectivity index (χ3n) is 22.7. The number of phenolic OH excluding ortho intramolecular Hbond substituents is 3. The lowest BCUT2D eigenvalue weighted by Gasteiger charge is -2.33. The maximum Gasteiger partial charge on any atom is 0.305 e. The zero-order valence-electron chi connectivity index (χ0n) is 79.2. The Morgan fingerprint density at radius 2 is 1.01 bits per heavy atom. The summed E-state index contributed by atoms with van der Waals surface area (Å²) in [5, 5.41) is 81.1. The number of likely N-dealkylation sites (N-methyl/N-ethyl adjacent to an activating group) is 3. The lowest BCUT2D eigenvalue weighted by molar-refractivity contribution is -0.144. The van der Waals surface area contributed by atoms with Gasteiger partial charge in [0.2, 0.25) is 112 Å². The molecular weight excluding hydrogens is 1830 g/mol. The van der Waals surface area contributed by atoms with E-state index in [1.54, 1.807) is 52.0 Å². The molecule has 19 amide bonds. The first-order chi connectivity index (χ1) is 66.1. The van der Waals surface area contributed by atoms with Gasteiger partial charge in [0.15, 0.2) is 7.37 Å². The molecule has 2 heterocycles. The van der Waals surface area contributed by atoms with E-state index in [1.807, 2.05) is 0 Å². The molecule has 139 heavy (non-hydrogen) atoms. The van der Waals surface area contributed by atoms with Crippen LogP contribution in [0, 0.1) is 17.2 Å². The number of amides is 19. The van der Waals surface area contributed by atoms with E-state index >= 15 is 9.59 Å². The van der Waals surface area contributed by atoms with Crippen molar-refractivity contribution in [2.45, 2.75) is 184 Å². The minimum atomic E-state index is -2.15. The Labute approximate surface area is 807 Å². The number of rotatable bonds is 55. The molecular formula is C90H126N24O24S. The summed E-state index contributed by atoms with van der Waals surface area (Å²) in [4.78, 5) is 284. The van der Waals surface area contributed by atoms with Gasteiger partial charge in [-0.1, -0.05) is 88.7 Å². The number of nitrogens with two attached hydrogens (primary N) is 4. The topological polar surface area (TPSA) is 747 Å². The number of aromatic hydroxyl groups is 3. The fraction of sp³-hybridized carbons (Fsp3) is 0.478. The molecule has 6 rings (SSSR count). The number of aliphatic carboxylic acids is 1. The van der Waals surface area contributed by atoms with Crippen LogP contribution < -0.4 is 97.4 Å². The summed E-state index contributed by atoms with van der Waals surface area (Å²) < 4.78 is 8.71. The van der Waals surface area contributed by atoms with E-state index < -0.39 is 268 Å². The van der Waals surface area contributed by atoms with Gasteiger partial charge in [-0.05, 0) is 116 Å². The smallest absolute Gasteiger partial charge is 0.305 e. The zero-order chi connectivity index (χ0) is 104. The van der Waals surface area contributed by atoms with Crippen molar-refractivity contribution >= 4 is 148 Å². The van der Waals surface area contributed by atoms with Crippen LogP contribution in [0.15, 0.2) is 103 Å². The van der Waals surface area contributed by atoms with E-state index in [1.165, 1.54) is 100 Å². The van der Waals surface area contributed by atoms with Crippen LogP contribution in [-0.2, 0) is 122 Å². The minimum absolute atomic E-state index is 0.00128. The predicted octanol–water partition coefficient (Wildman–Crippen LogP) is -6.41. The number of H-pyrrole nitrogens is 1. The normalized spacial score (nSPS) is 14.8. The van der Waals surface area contributed by atoms with Gasteiger partial charge in [-0.3, -0.25) is 101 Å². The summed E-state index contributed by atoms with van der Waals surface area (Å²) in [5.74, 6) is -22.6. The van der Waals surface area contributed by atoms with Crippen LogP contribution in [0.4, 0.5) is 0 Å². The lowest BCUT2D eigenvalue weighted by atomic mass is 9.96. The number of thiol groups is 1. The first kappa shape index (κ1) is 111.